The number of anilines is 1. The molecule has 36 heavy (non-hydrogen) atoms. The third-order valence-corrected chi connectivity index (χ3v) is 6.41. The molecule has 5 rings (SSSR count). The lowest BCUT2D eigenvalue weighted by molar-refractivity contribution is -0.245. The molecular weight excluding hydrogens is 482 g/mol. The second kappa shape index (κ2) is 9.93. The summed E-state index contributed by atoms with van der Waals surface area (Å²) in [4.78, 5) is 42.6. The summed E-state index contributed by atoms with van der Waals surface area (Å²) in [7, 11) is 1.60. The number of hydrogen-bond acceptors (Lipinski definition) is 9. The Labute approximate surface area is 210 Å². The number of thiazole rings is 1. The van der Waals surface area contributed by atoms with Gasteiger partial charge < -0.3 is 24.7 Å². The van der Waals surface area contributed by atoms with Gasteiger partial charge in [-0.1, -0.05) is 6.07 Å². The Balaban J connectivity index is 1.18. The molecule has 2 amide bonds. The molecule has 0 unspecified atom stereocenters. The Morgan fingerprint density at radius 3 is 2.64 bits per heavy atom. The molecule has 184 valence electrons. The van der Waals surface area contributed by atoms with Crippen LogP contribution in [0.3, 0.4) is 0 Å². The fraction of sp³-hybridized carbons (Fsp3) is 0.250. The van der Waals surface area contributed by atoms with E-state index >= 15 is 0 Å². The lowest BCUT2D eigenvalue weighted by Crippen LogP contribution is -2.52. The molecule has 0 spiro atoms. The molecule has 2 N–H and O–H groups in total. The molecule has 11 nitrogen and oxygen atoms in total. The van der Waals surface area contributed by atoms with Crippen LogP contribution < -0.4 is 10.6 Å². The van der Waals surface area contributed by atoms with Gasteiger partial charge in [0.15, 0.2) is 10.9 Å². The Hall–Kier alpha value is -4.00. The number of rotatable bonds is 8. The first-order valence-electron chi connectivity index (χ1n) is 11.1. The number of aromatic nitrogens is 5. The molecule has 5 heterocycles. The highest BCUT2D eigenvalue weighted by atomic mass is 32.1. The van der Waals surface area contributed by atoms with Gasteiger partial charge in [-0.15, -0.1) is 11.3 Å². The Bertz CT molecular complexity index is 1410. The number of nitrogens with one attached hydrogen (secondary N) is 2. The molecule has 1 aliphatic rings. The summed E-state index contributed by atoms with van der Waals surface area (Å²) in [5, 5.41) is 7.55. The largest absolute Gasteiger partial charge is 0.371 e. The van der Waals surface area contributed by atoms with E-state index in [4.69, 9.17) is 9.47 Å². The van der Waals surface area contributed by atoms with Crippen LogP contribution in [0.5, 0.6) is 0 Å². The fourth-order valence-corrected chi connectivity index (χ4v) is 4.34. The van der Waals surface area contributed by atoms with Crippen LogP contribution in [0.4, 0.5) is 5.13 Å². The van der Waals surface area contributed by atoms with Crippen LogP contribution in [0.15, 0.2) is 54.4 Å². The van der Waals surface area contributed by atoms with E-state index in [0.29, 0.717) is 46.7 Å². The molecule has 1 aliphatic heterocycles. The van der Waals surface area contributed by atoms with Crippen LogP contribution in [0.25, 0.3) is 22.8 Å². The Morgan fingerprint density at radius 2 is 1.92 bits per heavy atom. The smallest absolute Gasteiger partial charge is 0.253 e. The predicted molar refractivity (Wildman–Crippen MR) is 132 cm³/mol. The van der Waals surface area contributed by atoms with Gasteiger partial charge in [-0.2, -0.15) is 0 Å². The first-order chi connectivity index (χ1) is 17.5. The zero-order chi connectivity index (χ0) is 25.1. The Kier molecular flexibility index (Phi) is 6.55. The number of carbonyl (C=O) groups is 2. The summed E-state index contributed by atoms with van der Waals surface area (Å²) >= 11 is 1.27. The number of methoxy groups -OCH3 is 1. The van der Waals surface area contributed by atoms with Crippen molar-refractivity contribution in [1.82, 2.24) is 29.8 Å². The van der Waals surface area contributed by atoms with E-state index in [1.807, 2.05) is 25.1 Å². The zero-order valence-electron chi connectivity index (χ0n) is 19.6. The van der Waals surface area contributed by atoms with Crippen molar-refractivity contribution in [3.8, 4) is 22.8 Å². The van der Waals surface area contributed by atoms with Crippen LogP contribution >= 0.6 is 11.3 Å². The summed E-state index contributed by atoms with van der Waals surface area (Å²) < 4.78 is 12.5. The van der Waals surface area contributed by atoms with Crippen molar-refractivity contribution in [2.75, 3.05) is 32.2 Å². The maximum absolute atomic E-state index is 12.5. The number of nitrogens with zero attached hydrogens (tertiary/aromatic N) is 5. The molecule has 4 aromatic heterocycles. The van der Waals surface area contributed by atoms with Crippen molar-refractivity contribution in [2.45, 2.75) is 12.6 Å². The van der Waals surface area contributed by atoms with Crippen LogP contribution in [0.1, 0.15) is 16.1 Å². The van der Waals surface area contributed by atoms with Gasteiger partial charge in [-0.05, 0) is 25.1 Å². The minimum Gasteiger partial charge on any atom is -0.371 e. The van der Waals surface area contributed by atoms with E-state index < -0.39 is 5.72 Å². The molecule has 0 atom stereocenters. The van der Waals surface area contributed by atoms with Crippen molar-refractivity contribution < 1.29 is 19.1 Å². The van der Waals surface area contributed by atoms with E-state index in [2.05, 4.69) is 30.6 Å². The second-order valence-electron chi connectivity index (χ2n) is 8.17. The minimum absolute atomic E-state index is 0.197. The van der Waals surface area contributed by atoms with Crippen LogP contribution in [0.2, 0.25) is 0 Å². The highest BCUT2D eigenvalue weighted by Crippen LogP contribution is 2.28. The van der Waals surface area contributed by atoms with Crippen molar-refractivity contribution in [1.29, 1.82) is 0 Å². The monoisotopic (exact) mass is 505 g/mol. The molecular formula is C24H23N7O4S. The summed E-state index contributed by atoms with van der Waals surface area (Å²) in [6, 6.07) is 7.23. The van der Waals surface area contributed by atoms with E-state index in [-0.39, 0.29) is 18.4 Å². The average Bonchev–Trinajstić information content (AvgIpc) is 3.53. The number of amides is 2. The minimum atomic E-state index is -0.583. The molecule has 0 aliphatic carbocycles. The molecule has 1 fully saturated rings. The number of aryl methyl sites for hydroxylation is 1. The van der Waals surface area contributed by atoms with Crippen LogP contribution in [-0.2, 0) is 20.0 Å². The van der Waals surface area contributed by atoms with Crippen molar-refractivity contribution in [2.24, 2.45) is 0 Å². The van der Waals surface area contributed by atoms with Crippen molar-refractivity contribution in [3.05, 3.63) is 65.7 Å². The molecule has 12 heteroatoms. The standard InChI is InChI=1S/C24H23N7O4S/c1-15-8-25-9-19(27-15)17-4-3-5-18(28-17)20-12-36-23(29-20)30-21(32)10-26-22(33)16-6-7-31(11-16)24(34-2)13-35-14-24/h3-9,11-12H,10,13-14H2,1-2H3,(H,26,33)(H,29,30,32). The lowest BCUT2D eigenvalue weighted by atomic mass is 10.2. The molecule has 0 aromatic carbocycles. The number of hydrogen-bond donors (Lipinski definition) is 2. The quantitative estimate of drug-likeness (QED) is 0.373. The summed E-state index contributed by atoms with van der Waals surface area (Å²) in [6.45, 7) is 2.50. The molecule has 0 radical (unpaired) electrons. The number of pyridine rings is 1. The van der Waals surface area contributed by atoms with Gasteiger partial charge >= 0.3 is 0 Å². The highest BCUT2D eigenvalue weighted by Gasteiger charge is 2.40. The van der Waals surface area contributed by atoms with Crippen LogP contribution in [-0.4, -0.2) is 63.2 Å². The first-order valence-corrected chi connectivity index (χ1v) is 12.0. The molecule has 0 bridgehead atoms. The van der Waals surface area contributed by atoms with Crippen LogP contribution in [0, 0.1) is 6.92 Å². The van der Waals surface area contributed by atoms with Gasteiger partial charge in [-0.3, -0.25) is 14.6 Å². The van der Waals surface area contributed by atoms with Gasteiger partial charge in [0.25, 0.3) is 5.91 Å². The van der Waals surface area contributed by atoms with E-state index in [1.165, 1.54) is 11.3 Å². The average molecular weight is 506 g/mol. The fourth-order valence-electron chi connectivity index (χ4n) is 3.62. The second-order valence-corrected chi connectivity index (χ2v) is 9.03. The number of ether oxygens (including phenoxy) is 2. The highest BCUT2D eigenvalue weighted by molar-refractivity contribution is 7.14. The number of carbonyl (C=O) groups excluding carboxylic acids is 2. The van der Waals surface area contributed by atoms with Gasteiger partial charge in [0.05, 0.1) is 48.6 Å². The molecule has 4 aromatic rings. The maximum Gasteiger partial charge on any atom is 0.253 e. The molecule has 0 saturated carbocycles. The lowest BCUT2D eigenvalue weighted by Gasteiger charge is -2.41. The van der Waals surface area contributed by atoms with Crippen molar-refractivity contribution >= 4 is 28.3 Å². The summed E-state index contributed by atoms with van der Waals surface area (Å²) in [6.07, 6.45) is 6.78. The first kappa shape index (κ1) is 23.7. The SMILES string of the molecule is COC1(n2ccc(C(=O)NCC(=O)Nc3nc(-c4cccc(-c5cncc(C)n5)n4)cs3)c2)COC1. The van der Waals surface area contributed by atoms with Gasteiger partial charge in [-0.25, -0.2) is 15.0 Å². The van der Waals surface area contributed by atoms with Gasteiger partial charge in [0.2, 0.25) is 5.91 Å². The van der Waals surface area contributed by atoms with E-state index in [0.717, 1.165) is 5.69 Å². The van der Waals surface area contributed by atoms with E-state index in [9.17, 15) is 9.59 Å². The zero-order valence-corrected chi connectivity index (χ0v) is 20.4. The predicted octanol–water partition coefficient (Wildman–Crippen LogP) is 2.47. The van der Waals surface area contributed by atoms with Gasteiger partial charge in [0, 0.05) is 31.1 Å². The van der Waals surface area contributed by atoms with Crippen molar-refractivity contribution in [3.63, 3.8) is 0 Å². The normalized spacial score (nSPS) is 14.2. The van der Waals surface area contributed by atoms with E-state index in [1.54, 1.807) is 47.9 Å². The van der Waals surface area contributed by atoms with Gasteiger partial charge in [0.1, 0.15) is 11.4 Å². The maximum atomic E-state index is 12.5. The Morgan fingerprint density at radius 1 is 1.11 bits per heavy atom. The third-order valence-electron chi connectivity index (χ3n) is 5.65. The summed E-state index contributed by atoms with van der Waals surface area (Å²) in [5.41, 5.74) is 3.26. The summed E-state index contributed by atoms with van der Waals surface area (Å²) in [5.74, 6) is -0.753. The topological polar surface area (TPSA) is 133 Å². The third kappa shape index (κ3) is 4.87. The molecule has 1 saturated heterocycles.